The van der Waals surface area contributed by atoms with E-state index in [1.165, 1.54) is 4.57 Å². The summed E-state index contributed by atoms with van der Waals surface area (Å²) in [5.41, 5.74) is 3.01. The summed E-state index contributed by atoms with van der Waals surface area (Å²) in [7, 11) is 0. The molecule has 0 atom stereocenters. The fourth-order valence-corrected chi connectivity index (χ4v) is 3.56. The van der Waals surface area contributed by atoms with Crippen LogP contribution in [0, 0.1) is 20.8 Å². The molecule has 0 amide bonds. The maximum Gasteiger partial charge on any atom is 0.422 e. The van der Waals surface area contributed by atoms with Gasteiger partial charge in [0.05, 0.1) is 17.4 Å². The number of rotatable bonds is 4. The Kier molecular flexibility index (Phi) is 4.81. The second-order valence-corrected chi connectivity index (χ2v) is 6.85. The molecule has 2 aromatic carbocycles. The van der Waals surface area contributed by atoms with E-state index in [1.807, 2.05) is 45.0 Å². The van der Waals surface area contributed by atoms with Crippen LogP contribution in [0.2, 0.25) is 0 Å². The normalized spacial score (nSPS) is 11.0. The largest absolute Gasteiger partial charge is 0.491 e. The third-order valence-electron chi connectivity index (χ3n) is 4.23. The Morgan fingerprint density at radius 3 is 2.68 bits per heavy atom. The van der Waals surface area contributed by atoms with Crippen LogP contribution in [0.15, 0.2) is 48.8 Å². The van der Waals surface area contributed by atoms with Gasteiger partial charge in [0.15, 0.2) is 0 Å². The summed E-state index contributed by atoms with van der Waals surface area (Å²) in [6.07, 6.45) is 0. The van der Waals surface area contributed by atoms with Crippen LogP contribution < -0.4 is 16.1 Å². The number of ether oxygens (including phenoxy) is 1. The molecule has 0 aliphatic rings. The van der Waals surface area contributed by atoms with E-state index in [4.69, 9.17) is 9.15 Å². The fourth-order valence-electron chi connectivity index (χ4n) is 2.78. The summed E-state index contributed by atoms with van der Waals surface area (Å²) < 4.78 is 12.8. The second-order valence-electron chi connectivity index (χ2n) is 6.00. The lowest BCUT2D eigenvalue weighted by Gasteiger charge is -2.13. The van der Waals surface area contributed by atoms with Crippen molar-refractivity contribution in [2.24, 2.45) is 0 Å². The number of aromatic nitrogens is 1. The van der Waals surface area contributed by atoms with E-state index in [0.717, 1.165) is 22.4 Å². The summed E-state index contributed by atoms with van der Waals surface area (Å²) in [5.74, 6) is 0.0938. The molecule has 25 heavy (non-hydrogen) atoms. The molecule has 0 unspecified atom stereocenters. The molecule has 3 aromatic rings. The topological polar surface area (TPSA) is 61.4 Å². The first-order chi connectivity index (χ1) is 11.9. The molecule has 0 spiro atoms. The van der Waals surface area contributed by atoms with Crippen LogP contribution in [0.4, 0.5) is 0 Å². The molecular formula is C19H18BrNO4. The first-order valence-electron chi connectivity index (χ1n) is 7.91. The number of benzene rings is 2. The highest BCUT2D eigenvalue weighted by Gasteiger charge is 2.13. The van der Waals surface area contributed by atoms with Gasteiger partial charge in [0, 0.05) is 4.47 Å². The van der Waals surface area contributed by atoms with E-state index in [0.29, 0.717) is 15.4 Å². The highest BCUT2D eigenvalue weighted by atomic mass is 79.9. The lowest BCUT2D eigenvalue weighted by atomic mass is 10.1. The molecule has 3 rings (SSSR count). The molecule has 5 nitrogen and oxygen atoms in total. The fraction of sp³-hybridized carbons (Fsp3) is 0.263. The molecular weight excluding hydrogens is 386 g/mol. The maximum atomic E-state index is 12.2. The quantitative estimate of drug-likeness (QED) is 0.665. The van der Waals surface area contributed by atoms with Gasteiger partial charge in [-0.1, -0.05) is 12.1 Å². The van der Waals surface area contributed by atoms with Crippen molar-refractivity contribution < 1.29 is 9.15 Å². The van der Waals surface area contributed by atoms with E-state index in [2.05, 4.69) is 15.9 Å². The van der Waals surface area contributed by atoms with Crippen LogP contribution >= 0.6 is 15.9 Å². The molecule has 0 saturated carbocycles. The minimum absolute atomic E-state index is 0.272. The molecule has 1 aromatic heterocycles. The Morgan fingerprint density at radius 2 is 1.92 bits per heavy atom. The molecule has 0 radical (unpaired) electrons. The SMILES string of the molecule is Cc1cc(Br)c2c(c1)c(=O)oc(=O)n2CCOc1cccc(C)c1C. The number of fused-ring (bicyclic) bond motifs is 1. The molecule has 0 fully saturated rings. The predicted octanol–water partition coefficient (Wildman–Crippen LogP) is 3.72. The number of hydrogen-bond acceptors (Lipinski definition) is 4. The van der Waals surface area contributed by atoms with Crippen molar-refractivity contribution in [2.75, 3.05) is 6.61 Å². The Hall–Kier alpha value is -2.34. The summed E-state index contributed by atoms with van der Waals surface area (Å²) in [6, 6.07) is 9.43. The van der Waals surface area contributed by atoms with Gasteiger partial charge in [-0.2, -0.15) is 0 Å². The van der Waals surface area contributed by atoms with Gasteiger partial charge in [-0.15, -0.1) is 0 Å². The highest BCUT2D eigenvalue weighted by molar-refractivity contribution is 9.10. The zero-order valence-electron chi connectivity index (χ0n) is 14.3. The number of hydrogen-bond donors (Lipinski definition) is 0. The summed E-state index contributed by atoms with van der Waals surface area (Å²) in [6.45, 7) is 6.45. The third-order valence-corrected chi connectivity index (χ3v) is 4.83. The Bertz CT molecular complexity index is 1070. The van der Waals surface area contributed by atoms with Crippen molar-refractivity contribution in [3.63, 3.8) is 0 Å². The number of halogens is 1. The summed E-state index contributed by atoms with van der Waals surface area (Å²) in [4.78, 5) is 24.2. The average Bonchev–Trinajstić information content (AvgIpc) is 2.54. The molecule has 6 heteroatoms. The van der Waals surface area contributed by atoms with Gasteiger partial charge in [-0.3, -0.25) is 4.57 Å². The van der Waals surface area contributed by atoms with Gasteiger partial charge in [0.1, 0.15) is 12.4 Å². The number of aryl methyl sites for hydroxylation is 2. The third kappa shape index (κ3) is 3.39. The minimum atomic E-state index is -0.688. The van der Waals surface area contributed by atoms with E-state index < -0.39 is 11.4 Å². The predicted molar refractivity (Wildman–Crippen MR) is 101 cm³/mol. The first kappa shape index (κ1) is 17.5. The van der Waals surface area contributed by atoms with Crippen molar-refractivity contribution in [3.8, 4) is 5.75 Å². The van der Waals surface area contributed by atoms with E-state index >= 15 is 0 Å². The summed E-state index contributed by atoms with van der Waals surface area (Å²) in [5, 5.41) is 0.373. The molecule has 1 heterocycles. The van der Waals surface area contributed by atoms with Crippen LogP contribution in [0.5, 0.6) is 5.75 Å². The van der Waals surface area contributed by atoms with Crippen LogP contribution in [0.25, 0.3) is 10.9 Å². The Labute approximate surface area is 153 Å². The van der Waals surface area contributed by atoms with Crippen LogP contribution in [0.1, 0.15) is 16.7 Å². The first-order valence-corrected chi connectivity index (χ1v) is 8.70. The van der Waals surface area contributed by atoms with Gasteiger partial charge >= 0.3 is 11.4 Å². The monoisotopic (exact) mass is 403 g/mol. The standard InChI is InChI=1S/C19H18BrNO4/c1-11-9-14-17(15(20)10-11)21(19(23)25-18(14)22)7-8-24-16-6-4-5-12(2)13(16)3/h4-6,9-10H,7-8H2,1-3H3. The van der Waals surface area contributed by atoms with Crippen molar-refractivity contribution >= 4 is 26.8 Å². The van der Waals surface area contributed by atoms with E-state index in [-0.39, 0.29) is 13.2 Å². The molecule has 0 saturated heterocycles. The van der Waals surface area contributed by atoms with Crippen LogP contribution in [-0.4, -0.2) is 11.2 Å². The zero-order chi connectivity index (χ0) is 18.1. The van der Waals surface area contributed by atoms with Gasteiger partial charge in [0.2, 0.25) is 0 Å². The lowest BCUT2D eigenvalue weighted by Crippen LogP contribution is -2.27. The molecule has 0 bridgehead atoms. The lowest BCUT2D eigenvalue weighted by molar-refractivity contribution is 0.285. The van der Waals surface area contributed by atoms with Gasteiger partial charge in [0.25, 0.3) is 0 Å². The minimum Gasteiger partial charge on any atom is -0.491 e. The van der Waals surface area contributed by atoms with Crippen molar-refractivity contribution in [2.45, 2.75) is 27.3 Å². The van der Waals surface area contributed by atoms with E-state index in [1.54, 1.807) is 6.07 Å². The van der Waals surface area contributed by atoms with Crippen molar-refractivity contribution in [3.05, 3.63) is 72.5 Å². The molecule has 130 valence electrons. The molecule has 0 aliphatic heterocycles. The Morgan fingerprint density at radius 1 is 1.16 bits per heavy atom. The molecule has 0 aliphatic carbocycles. The second kappa shape index (κ2) is 6.88. The van der Waals surface area contributed by atoms with E-state index in [9.17, 15) is 9.59 Å². The van der Waals surface area contributed by atoms with Gasteiger partial charge < -0.3 is 9.15 Å². The van der Waals surface area contributed by atoms with Gasteiger partial charge in [-0.05, 0) is 71.6 Å². The smallest absolute Gasteiger partial charge is 0.422 e. The van der Waals surface area contributed by atoms with Crippen LogP contribution in [0.3, 0.4) is 0 Å². The zero-order valence-corrected chi connectivity index (χ0v) is 15.8. The van der Waals surface area contributed by atoms with Crippen LogP contribution in [-0.2, 0) is 6.54 Å². The number of nitrogens with zero attached hydrogens (tertiary/aromatic N) is 1. The summed E-state index contributed by atoms with van der Waals surface area (Å²) >= 11 is 3.44. The van der Waals surface area contributed by atoms with Gasteiger partial charge in [-0.25, -0.2) is 9.59 Å². The highest BCUT2D eigenvalue weighted by Crippen LogP contribution is 2.23. The maximum absolute atomic E-state index is 12.2. The Balaban J connectivity index is 1.95. The molecule has 0 N–H and O–H groups in total. The van der Waals surface area contributed by atoms with Crippen molar-refractivity contribution in [1.29, 1.82) is 0 Å². The average molecular weight is 404 g/mol. The van der Waals surface area contributed by atoms with Crippen molar-refractivity contribution in [1.82, 2.24) is 4.57 Å².